The molecule has 1 aromatic heterocycles. The van der Waals surface area contributed by atoms with Gasteiger partial charge < -0.3 is 0 Å². The molecule has 0 radical (unpaired) electrons. The Morgan fingerprint density at radius 2 is 1.83 bits per heavy atom. The number of hydrogen-bond acceptors (Lipinski definition) is 3. The van der Waals surface area contributed by atoms with E-state index < -0.39 is 11.7 Å². The first-order chi connectivity index (χ1) is 11.4. The first kappa shape index (κ1) is 16.9. The SMILES string of the molecule is CC(CNSc1ccc(C(F)(F)F)cc1)n1cc2ccccc2n1. The van der Waals surface area contributed by atoms with Crippen LogP contribution in [-0.2, 0) is 6.18 Å². The van der Waals surface area contributed by atoms with Gasteiger partial charge in [-0.25, -0.2) is 0 Å². The van der Waals surface area contributed by atoms with Crippen molar-refractivity contribution in [1.29, 1.82) is 0 Å². The van der Waals surface area contributed by atoms with Crippen LogP contribution in [0.3, 0.4) is 0 Å². The first-order valence-electron chi connectivity index (χ1n) is 7.44. The number of alkyl halides is 3. The molecule has 0 fully saturated rings. The second-order valence-corrected chi connectivity index (χ2v) is 6.45. The minimum absolute atomic E-state index is 0.124. The van der Waals surface area contributed by atoms with Crippen LogP contribution in [0, 0.1) is 0 Å². The summed E-state index contributed by atoms with van der Waals surface area (Å²) in [7, 11) is 0. The molecule has 0 aliphatic carbocycles. The van der Waals surface area contributed by atoms with Crippen molar-refractivity contribution in [3.63, 3.8) is 0 Å². The Bertz CT molecular complexity index is 779. The van der Waals surface area contributed by atoms with Crippen LogP contribution < -0.4 is 4.72 Å². The predicted molar refractivity (Wildman–Crippen MR) is 89.7 cm³/mol. The van der Waals surface area contributed by atoms with E-state index in [2.05, 4.69) is 9.82 Å². The summed E-state index contributed by atoms with van der Waals surface area (Å²) in [4.78, 5) is 0.737. The highest BCUT2D eigenvalue weighted by Crippen LogP contribution is 2.30. The maximum absolute atomic E-state index is 12.5. The number of fused-ring (bicyclic) bond motifs is 1. The van der Waals surface area contributed by atoms with E-state index in [0.29, 0.717) is 6.54 Å². The lowest BCUT2D eigenvalue weighted by atomic mass is 10.2. The van der Waals surface area contributed by atoms with Crippen molar-refractivity contribution in [2.75, 3.05) is 6.54 Å². The fourth-order valence-electron chi connectivity index (χ4n) is 2.26. The van der Waals surface area contributed by atoms with Gasteiger partial charge in [0.25, 0.3) is 0 Å². The van der Waals surface area contributed by atoms with Crippen LogP contribution in [0.25, 0.3) is 10.9 Å². The Morgan fingerprint density at radius 1 is 1.12 bits per heavy atom. The van der Waals surface area contributed by atoms with Crippen LogP contribution in [0.15, 0.2) is 59.6 Å². The van der Waals surface area contributed by atoms with Gasteiger partial charge >= 0.3 is 6.18 Å². The van der Waals surface area contributed by atoms with Crippen molar-refractivity contribution in [2.24, 2.45) is 0 Å². The zero-order valence-electron chi connectivity index (χ0n) is 12.9. The van der Waals surface area contributed by atoms with Crippen LogP contribution in [0.2, 0.25) is 0 Å². The zero-order chi connectivity index (χ0) is 17.2. The number of benzene rings is 2. The Balaban J connectivity index is 1.55. The Morgan fingerprint density at radius 3 is 2.50 bits per heavy atom. The van der Waals surface area contributed by atoms with E-state index in [9.17, 15) is 13.2 Å². The van der Waals surface area contributed by atoms with Crippen molar-refractivity contribution < 1.29 is 13.2 Å². The predicted octanol–water partition coefficient (Wildman–Crippen LogP) is 4.91. The highest BCUT2D eigenvalue weighted by Gasteiger charge is 2.29. The van der Waals surface area contributed by atoms with Gasteiger partial charge in [0.15, 0.2) is 0 Å². The van der Waals surface area contributed by atoms with Crippen LogP contribution in [0.4, 0.5) is 13.2 Å². The zero-order valence-corrected chi connectivity index (χ0v) is 13.7. The number of hydrogen-bond donors (Lipinski definition) is 1. The summed E-state index contributed by atoms with van der Waals surface area (Å²) in [6.45, 7) is 2.67. The molecule has 0 saturated carbocycles. The molecule has 0 bridgehead atoms. The van der Waals surface area contributed by atoms with Crippen molar-refractivity contribution >= 4 is 22.9 Å². The molecule has 24 heavy (non-hydrogen) atoms. The summed E-state index contributed by atoms with van der Waals surface area (Å²) in [5.74, 6) is 0. The normalized spacial score (nSPS) is 13.3. The molecule has 0 spiro atoms. The lowest BCUT2D eigenvalue weighted by molar-refractivity contribution is -0.137. The summed E-state index contributed by atoms with van der Waals surface area (Å²) >= 11 is 1.31. The second-order valence-electron chi connectivity index (χ2n) is 5.49. The summed E-state index contributed by atoms with van der Waals surface area (Å²) in [5, 5.41) is 5.60. The lowest BCUT2D eigenvalue weighted by Gasteiger charge is -2.13. The topological polar surface area (TPSA) is 29.9 Å². The van der Waals surface area contributed by atoms with Gasteiger partial charge in [-0.05, 0) is 49.2 Å². The van der Waals surface area contributed by atoms with E-state index in [1.165, 1.54) is 24.1 Å². The van der Waals surface area contributed by atoms with E-state index in [4.69, 9.17) is 0 Å². The maximum Gasteiger partial charge on any atom is 0.416 e. The third kappa shape index (κ3) is 3.91. The van der Waals surface area contributed by atoms with Crippen molar-refractivity contribution in [3.8, 4) is 0 Å². The molecule has 3 aromatic rings. The van der Waals surface area contributed by atoms with Gasteiger partial charge in [0.05, 0.1) is 17.1 Å². The molecule has 0 saturated heterocycles. The first-order valence-corrected chi connectivity index (χ1v) is 8.26. The fraction of sp³-hybridized carbons (Fsp3) is 0.235. The van der Waals surface area contributed by atoms with Gasteiger partial charge in [-0.3, -0.25) is 9.40 Å². The van der Waals surface area contributed by atoms with E-state index >= 15 is 0 Å². The van der Waals surface area contributed by atoms with E-state index in [0.717, 1.165) is 27.9 Å². The molecule has 7 heteroatoms. The van der Waals surface area contributed by atoms with Crippen molar-refractivity contribution in [3.05, 3.63) is 60.3 Å². The molecular formula is C17H16F3N3S. The molecule has 1 atom stereocenters. The highest BCUT2D eigenvalue weighted by atomic mass is 32.2. The molecule has 1 N–H and O–H groups in total. The molecule has 3 nitrogen and oxygen atoms in total. The molecule has 3 rings (SSSR count). The molecule has 0 aliphatic heterocycles. The molecule has 126 valence electrons. The standard InChI is InChI=1S/C17H16F3N3S/c1-12(23-11-13-4-2-3-5-16(13)22-23)10-21-24-15-8-6-14(7-9-15)17(18,19)20/h2-9,11-12,21H,10H2,1H3. The molecule has 1 unspecified atom stereocenters. The van der Waals surface area contributed by atoms with Gasteiger partial charge in [0.1, 0.15) is 0 Å². The molecule has 0 aliphatic rings. The summed E-state index contributed by atoms with van der Waals surface area (Å²) in [6.07, 6.45) is -2.31. The fourth-order valence-corrected chi connectivity index (χ4v) is 3.02. The van der Waals surface area contributed by atoms with Crippen LogP contribution in [0.5, 0.6) is 0 Å². The third-order valence-corrected chi connectivity index (χ3v) is 4.45. The molecular weight excluding hydrogens is 335 g/mol. The summed E-state index contributed by atoms with van der Waals surface area (Å²) < 4.78 is 42.6. The maximum atomic E-state index is 12.5. The van der Waals surface area contributed by atoms with Gasteiger partial charge in [-0.15, -0.1) is 0 Å². The second kappa shape index (κ2) is 6.86. The van der Waals surface area contributed by atoms with Crippen molar-refractivity contribution in [2.45, 2.75) is 24.0 Å². The Labute approximate surface area is 142 Å². The third-order valence-electron chi connectivity index (χ3n) is 3.63. The monoisotopic (exact) mass is 351 g/mol. The molecule has 2 aromatic carbocycles. The quantitative estimate of drug-likeness (QED) is 0.662. The van der Waals surface area contributed by atoms with E-state index in [-0.39, 0.29) is 6.04 Å². The summed E-state index contributed by atoms with van der Waals surface area (Å²) in [5.41, 5.74) is 0.309. The number of aromatic nitrogens is 2. The minimum atomic E-state index is -4.30. The lowest BCUT2D eigenvalue weighted by Crippen LogP contribution is -2.18. The summed E-state index contributed by atoms with van der Waals surface area (Å²) in [6, 6.07) is 13.1. The molecule has 0 amide bonds. The van der Waals surface area contributed by atoms with E-state index in [1.54, 1.807) is 0 Å². The molecule has 1 heterocycles. The van der Waals surface area contributed by atoms with Gasteiger partial charge in [0, 0.05) is 23.0 Å². The van der Waals surface area contributed by atoms with Gasteiger partial charge in [-0.1, -0.05) is 18.2 Å². The number of halogens is 3. The van der Waals surface area contributed by atoms with Crippen molar-refractivity contribution in [1.82, 2.24) is 14.5 Å². The van der Waals surface area contributed by atoms with E-state index in [1.807, 2.05) is 42.1 Å². The van der Waals surface area contributed by atoms with Crippen LogP contribution >= 0.6 is 11.9 Å². The average Bonchev–Trinajstić information content (AvgIpc) is 2.98. The van der Waals surface area contributed by atoms with Crippen LogP contribution in [-0.4, -0.2) is 16.3 Å². The Hall–Kier alpha value is -1.99. The highest BCUT2D eigenvalue weighted by molar-refractivity contribution is 7.97. The number of nitrogens with one attached hydrogen (secondary N) is 1. The van der Waals surface area contributed by atoms with Gasteiger partial charge in [0.2, 0.25) is 0 Å². The Kier molecular flexibility index (Phi) is 4.82. The number of rotatable bonds is 5. The largest absolute Gasteiger partial charge is 0.416 e. The number of nitrogens with zero attached hydrogens (tertiary/aromatic N) is 2. The van der Waals surface area contributed by atoms with Crippen LogP contribution in [0.1, 0.15) is 18.5 Å². The van der Waals surface area contributed by atoms with Gasteiger partial charge in [-0.2, -0.15) is 18.3 Å². The smallest absolute Gasteiger partial charge is 0.267 e. The minimum Gasteiger partial charge on any atom is -0.267 e. The average molecular weight is 351 g/mol.